The maximum atomic E-state index is 12.4. The van der Waals surface area contributed by atoms with Crippen LogP contribution in [0.25, 0.3) is 0 Å². The van der Waals surface area contributed by atoms with Crippen LogP contribution in [0, 0.1) is 17.2 Å². The third-order valence-electron chi connectivity index (χ3n) is 4.35. The van der Waals surface area contributed by atoms with Gasteiger partial charge in [0.15, 0.2) is 5.78 Å². The van der Waals surface area contributed by atoms with E-state index in [-0.39, 0.29) is 23.2 Å². The Balaban J connectivity index is 1.95. The maximum Gasteiger partial charge on any atom is 0.179 e. The summed E-state index contributed by atoms with van der Waals surface area (Å²) in [7, 11) is 0. The molecule has 0 aromatic heterocycles. The summed E-state index contributed by atoms with van der Waals surface area (Å²) in [6.45, 7) is 4.73. The summed E-state index contributed by atoms with van der Waals surface area (Å²) >= 11 is 0. The van der Waals surface area contributed by atoms with Crippen molar-refractivity contribution in [3.05, 3.63) is 0 Å². The Bertz CT molecular complexity index is 329. The lowest BCUT2D eigenvalue weighted by molar-refractivity contribution is -0.127. The predicted molar refractivity (Wildman–Crippen MR) is 72.1 cm³/mol. The number of ether oxygens (including phenoxy) is 1. The molecule has 0 bridgehead atoms. The molecule has 0 amide bonds. The second-order valence-corrected chi connectivity index (χ2v) is 6.41. The largest absolute Gasteiger partial charge is 0.376 e. The molecule has 102 valence electrons. The summed E-state index contributed by atoms with van der Waals surface area (Å²) < 4.78 is 5.65. The van der Waals surface area contributed by atoms with Crippen molar-refractivity contribution in [2.24, 2.45) is 11.8 Å². The van der Waals surface area contributed by atoms with Gasteiger partial charge in [-0.25, -0.2) is 0 Å². The Kier molecular flexibility index (Phi) is 4.21. The van der Waals surface area contributed by atoms with E-state index in [4.69, 9.17) is 10.1 Å². The summed E-state index contributed by atoms with van der Waals surface area (Å²) in [5, 5.41) is 8.16. The average molecular weight is 251 g/mol. The van der Waals surface area contributed by atoms with Crippen LogP contribution in [-0.4, -0.2) is 23.7 Å². The van der Waals surface area contributed by atoms with Crippen LogP contribution in [-0.2, 0) is 9.53 Å². The molecule has 1 saturated heterocycles. The van der Waals surface area contributed by atoms with Gasteiger partial charge in [0, 0.05) is 18.4 Å². The van der Waals surface area contributed by atoms with E-state index >= 15 is 0 Å². The van der Waals surface area contributed by atoms with Crippen LogP contribution >= 0.6 is 0 Å². The van der Waals surface area contributed by atoms with Crippen LogP contribution < -0.4 is 0 Å². The zero-order valence-corrected chi connectivity index (χ0v) is 11.6. The number of ketones is 1. The van der Waals surface area contributed by atoms with Crippen molar-refractivity contribution in [2.75, 3.05) is 6.61 Å². The van der Waals surface area contributed by atoms with Crippen LogP contribution in [0.5, 0.6) is 0 Å². The van der Waals surface area contributed by atoms with Crippen molar-refractivity contribution >= 4 is 11.5 Å². The molecule has 2 fully saturated rings. The van der Waals surface area contributed by atoms with Gasteiger partial charge in [-0.15, -0.1) is 0 Å². The summed E-state index contributed by atoms with van der Waals surface area (Å²) in [5.74, 6) is 0.346. The first-order chi connectivity index (χ1) is 8.49. The Hall–Kier alpha value is -0.700. The molecule has 1 N–H and O–H groups in total. The molecule has 3 nitrogen and oxygen atoms in total. The first kappa shape index (κ1) is 13.7. The predicted octanol–water partition coefficient (Wildman–Crippen LogP) is 3.36. The summed E-state index contributed by atoms with van der Waals surface area (Å²) in [6.07, 6.45) is 7.26. The van der Waals surface area contributed by atoms with Crippen molar-refractivity contribution in [3.8, 4) is 0 Å². The summed E-state index contributed by atoms with van der Waals surface area (Å²) in [6, 6.07) is 0. The van der Waals surface area contributed by atoms with Gasteiger partial charge in [-0.05, 0) is 39.5 Å². The third-order valence-corrected chi connectivity index (χ3v) is 4.35. The Morgan fingerprint density at radius 2 is 1.78 bits per heavy atom. The van der Waals surface area contributed by atoms with Gasteiger partial charge in [0.2, 0.25) is 0 Å². The number of Topliss-reactive ketones (excluding diaryl/α,β-unsaturated/α-hetero) is 1. The topological polar surface area (TPSA) is 50.2 Å². The van der Waals surface area contributed by atoms with E-state index in [1.165, 1.54) is 19.3 Å². The molecule has 1 atom stereocenters. The van der Waals surface area contributed by atoms with Crippen molar-refractivity contribution in [1.82, 2.24) is 0 Å². The molecule has 3 heteroatoms. The van der Waals surface area contributed by atoms with Crippen LogP contribution in [0.2, 0.25) is 0 Å². The van der Waals surface area contributed by atoms with E-state index in [0.29, 0.717) is 12.3 Å². The van der Waals surface area contributed by atoms with E-state index < -0.39 is 0 Å². The molecule has 18 heavy (non-hydrogen) atoms. The second-order valence-electron chi connectivity index (χ2n) is 6.41. The van der Waals surface area contributed by atoms with Gasteiger partial charge in [0.05, 0.1) is 11.3 Å². The lowest BCUT2D eigenvalue weighted by atomic mass is 9.78. The smallest absolute Gasteiger partial charge is 0.179 e. The minimum Gasteiger partial charge on any atom is -0.376 e. The quantitative estimate of drug-likeness (QED) is 0.782. The van der Waals surface area contributed by atoms with Gasteiger partial charge in [0.1, 0.15) is 0 Å². The molecule has 0 spiro atoms. The normalized spacial score (nSPS) is 28.9. The van der Waals surface area contributed by atoms with Gasteiger partial charge >= 0.3 is 0 Å². The average Bonchev–Trinajstić information content (AvgIpc) is 2.37. The minimum atomic E-state index is -0.203. The van der Waals surface area contributed by atoms with Gasteiger partial charge in [0.25, 0.3) is 0 Å². The summed E-state index contributed by atoms with van der Waals surface area (Å²) in [5.41, 5.74) is 0.197. The van der Waals surface area contributed by atoms with Crippen molar-refractivity contribution in [1.29, 1.82) is 5.41 Å². The van der Waals surface area contributed by atoms with Gasteiger partial charge < -0.3 is 10.1 Å². The van der Waals surface area contributed by atoms with E-state index in [9.17, 15) is 4.79 Å². The highest BCUT2D eigenvalue weighted by Gasteiger charge is 2.36. The Morgan fingerprint density at radius 1 is 1.11 bits per heavy atom. The van der Waals surface area contributed by atoms with Crippen LogP contribution in [0.1, 0.15) is 58.8 Å². The van der Waals surface area contributed by atoms with E-state index in [1.54, 1.807) is 0 Å². The van der Waals surface area contributed by atoms with Gasteiger partial charge in [-0.3, -0.25) is 4.79 Å². The fraction of sp³-hybridized carbons (Fsp3) is 0.867. The summed E-state index contributed by atoms with van der Waals surface area (Å²) in [4.78, 5) is 12.4. The molecular weight excluding hydrogens is 226 g/mol. The Morgan fingerprint density at radius 3 is 2.39 bits per heavy atom. The molecular formula is C15H25NO2. The molecule has 2 aliphatic rings. The molecule has 1 aliphatic heterocycles. The zero-order valence-electron chi connectivity index (χ0n) is 11.6. The molecule has 0 aromatic carbocycles. The van der Waals surface area contributed by atoms with Crippen LogP contribution in [0.15, 0.2) is 0 Å². The molecule has 1 aliphatic carbocycles. The molecule has 1 heterocycles. The van der Waals surface area contributed by atoms with E-state index in [1.807, 2.05) is 13.8 Å². The number of nitrogens with one attached hydrogen (secondary N) is 1. The van der Waals surface area contributed by atoms with E-state index in [0.717, 1.165) is 25.7 Å². The number of hydrogen-bond donors (Lipinski definition) is 1. The molecule has 0 radical (unpaired) electrons. The van der Waals surface area contributed by atoms with Gasteiger partial charge in [-0.1, -0.05) is 19.3 Å². The van der Waals surface area contributed by atoms with Crippen LogP contribution in [0.4, 0.5) is 0 Å². The van der Waals surface area contributed by atoms with E-state index in [2.05, 4.69) is 0 Å². The fourth-order valence-corrected chi connectivity index (χ4v) is 3.27. The standard InChI is InChI=1S/C15H25NO2/c1-15(2)10-12(8-9-18-15)14(17)13(16)11-6-4-3-5-7-11/h11-12,16H,3-10H2,1-2H3. The highest BCUT2D eigenvalue weighted by atomic mass is 16.5. The minimum absolute atomic E-state index is 0.0168. The fourth-order valence-electron chi connectivity index (χ4n) is 3.27. The molecule has 1 unspecified atom stereocenters. The number of carbonyl (C=O) groups is 1. The van der Waals surface area contributed by atoms with Crippen molar-refractivity contribution in [2.45, 2.75) is 64.4 Å². The molecule has 1 saturated carbocycles. The number of carbonyl (C=O) groups excluding carboxylic acids is 1. The number of hydrogen-bond acceptors (Lipinski definition) is 3. The second kappa shape index (κ2) is 5.52. The number of rotatable bonds is 3. The molecule has 2 rings (SSSR count). The van der Waals surface area contributed by atoms with Crippen LogP contribution in [0.3, 0.4) is 0 Å². The Labute approximate surface area is 110 Å². The maximum absolute atomic E-state index is 12.4. The molecule has 0 aromatic rings. The van der Waals surface area contributed by atoms with Crippen molar-refractivity contribution < 1.29 is 9.53 Å². The lowest BCUT2D eigenvalue weighted by Crippen LogP contribution is -2.40. The monoisotopic (exact) mass is 251 g/mol. The van der Waals surface area contributed by atoms with Gasteiger partial charge in [-0.2, -0.15) is 0 Å². The lowest BCUT2D eigenvalue weighted by Gasteiger charge is -2.35. The highest BCUT2D eigenvalue weighted by molar-refractivity contribution is 6.40. The SMILES string of the molecule is CC1(C)CC(C(=O)C(=N)C2CCCCC2)CCO1. The first-order valence-corrected chi connectivity index (χ1v) is 7.26. The first-order valence-electron chi connectivity index (χ1n) is 7.26. The highest BCUT2D eigenvalue weighted by Crippen LogP contribution is 2.32. The zero-order chi connectivity index (χ0) is 13.2. The van der Waals surface area contributed by atoms with Crippen molar-refractivity contribution in [3.63, 3.8) is 0 Å². The third kappa shape index (κ3) is 3.19.